The summed E-state index contributed by atoms with van der Waals surface area (Å²) >= 11 is 0. The molecular formula is C20H34O4. The lowest BCUT2D eigenvalue weighted by Gasteiger charge is -2.27. The van der Waals surface area contributed by atoms with E-state index in [0.717, 1.165) is 32.5 Å². The van der Waals surface area contributed by atoms with Crippen molar-refractivity contribution >= 4 is 5.97 Å². The fourth-order valence-corrected chi connectivity index (χ4v) is 4.02. The number of aliphatic carboxylic acids is 1. The number of carboxylic acid groups (broad SMARTS) is 1. The van der Waals surface area contributed by atoms with Crippen molar-refractivity contribution in [1.82, 2.24) is 0 Å². The standard InChI is InChI=1S/C20H34O4/c1-2-3-4-9-14-23-15-17-16(18-12-13-19(17)24-18)10-7-5-6-8-11-20(21)22/h5,7,16-19H,2-4,6,8-15H2,1H3,(H,21,22)/b7-5-/t16-,17+,18-,19+/m0/s1. The van der Waals surface area contributed by atoms with Crippen LogP contribution in [0.15, 0.2) is 12.2 Å². The number of fused-ring (bicyclic) bond motifs is 2. The van der Waals surface area contributed by atoms with Crippen LogP contribution in [0.2, 0.25) is 0 Å². The van der Waals surface area contributed by atoms with Gasteiger partial charge in [-0.05, 0) is 44.4 Å². The lowest BCUT2D eigenvalue weighted by atomic mass is 9.78. The van der Waals surface area contributed by atoms with Crippen LogP contribution in [0.5, 0.6) is 0 Å². The predicted octanol–water partition coefficient (Wildman–Crippen LogP) is 4.58. The number of carboxylic acids is 1. The molecule has 138 valence electrons. The van der Waals surface area contributed by atoms with E-state index in [1.807, 2.05) is 0 Å². The van der Waals surface area contributed by atoms with E-state index < -0.39 is 5.97 Å². The van der Waals surface area contributed by atoms with E-state index in [1.54, 1.807) is 0 Å². The summed E-state index contributed by atoms with van der Waals surface area (Å²) in [6.07, 6.45) is 15.4. The van der Waals surface area contributed by atoms with Gasteiger partial charge in [-0.15, -0.1) is 0 Å². The van der Waals surface area contributed by atoms with E-state index >= 15 is 0 Å². The average Bonchev–Trinajstić information content (AvgIpc) is 3.15. The minimum Gasteiger partial charge on any atom is -0.481 e. The number of carbonyl (C=O) groups is 1. The summed E-state index contributed by atoms with van der Waals surface area (Å²) in [4.78, 5) is 10.5. The second-order valence-corrected chi connectivity index (χ2v) is 7.25. The van der Waals surface area contributed by atoms with Crippen LogP contribution in [0.1, 0.15) is 71.1 Å². The molecule has 4 nitrogen and oxygen atoms in total. The first kappa shape index (κ1) is 19.5. The quantitative estimate of drug-likeness (QED) is 0.394. The Morgan fingerprint density at radius 2 is 1.92 bits per heavy atom. The molecule has 2 heterocycles. The predicted molar refractivity (Wildman–Crippen MR) is 95.1 cm³/mol. The summed E-state index contributed by atoms with van der Waals surface area (Å²) in [5, 5.41) is 8.64. The molecule has 2 saturated heterocycles. The van der Waals surface area contributed by atoms with Gasteiger partial charge >= 0.3 is 5.97 Å². The van der Waals surface area contributed by atoms with Crippen molar-refractivity contribution < 1.29 is 19.4 Å². The largest absolute Gasteiger partial charge is 0.481 e. The molecule has 0 radical (unpaired) electrons. The monoisotopic (exact) mass is 338 g/mol. The summed E-state index contributed by atoms with van der Waals surface area (Å²) < 4.78 is 12.1. The van der Waals surface area contributed by atoms with E-state index in [-0.39, 0.29) is 6.42 Å². The van der Waals surface area contributed by atoms with E-state index in [9.17, 15) is 4.79 Å². The maximum Gasteiger partial charge on any atom is 0.303 e. The van der Waals surface area contributed by atoms with Gasteiger partial charge in [0.05, 0.1) is 18.8 Å². The summed E-state index contributed by atoms with van der Waals surface area (Å²) in [5.74, 6) is 0.412. The van der Waals surface area contributed by atoms with E-state index in [0.29, 0.717) is 24.0 Å². The molecule has 4 heteroatoms. The van der Waals surface area contributed by atoms with Crippen LogP contribution in [-0.4, -0.2) is 36.5 Å². The highest BCUT2D eigenvalue weighted by Gasteiger charge is 2.48. The number of ether oxygens (including phenoxy) is 2. The van der Waals surface area contributed by atoms with Crippen molar-refractivity contribution in [2.45, 2.75) is 83.3 Å². The molecule has 0 saturated carbocycles. The number of allylic oxidation sites excluding steroid dienone is 2. The fraction of sp³-hybridized carbons (Fsp3) is 0.850. The number of unbranched alkanes of at least 4 members (excludes halogenated alkanes) is 4. The number of hydrogen-bond acceptors (Lipinski definition) is 3. The SMILES string of the molecule is CCCCCCOC[C@@H]1[C@H](C/C=C\CCCC(=O)O)[C@@H]2CC[C@H]1O2. The van der Waals surface area contributed by atoms with Crippen LogP contribution in [0.3, 0.4) is 0 Å². The van der Waals surface area contributed by atoms with Crippen LogP contribution in [0.4, 0.5) is 0 Å². The highest BCUT2D eigenvalue weighted by molar-refractivity contribution is 5.66. The normalized spacial score (nSPS) is 28.9. The highest BCUT2D eigenvalue weighted by atomic mass is 16.5. The molecule has 2 bridgehead atoms. The Morgan fingerprint density at radius 3 is 2.67 bits per heavy atom. The first-order chi connectivity index (χ1) is 11.7. The summed E-state index contributed by atoms with van der Waals surface area (Å²) in [7, 11) is 0. The van der Waals surface area contributed by atoms with Crippen molar-refractivity contribution in [3.63, 3.8) is 0 Å². The van der Waals surface area contributed by atoms with Crippen molar-refractivity contribution in [2.75, 3.05) is 13.2 Å². The van der Waals surface area contributed by atoms with Crippen LogP contribution in [-0.2, 0) is 14.3 Å². The van der Waals surface area contributed by atoms with Gasteiger partial charge in [-0.3, -0.25) is 4.79 Å². The third-order valence-electron chi connectivity index (χ3n) is 5.38. The van der Waals surface area contributed by atoms with Gasteiger partial charge < -0.3 is 14.6 Å². The van der Waals surface area contributed by atoms with Gasteiger partial charge in [-0.2, -0.15) is 0 Å². The molecule has 0 amide bonds. The van der Waals surface area contributed by atoms with Crippen molar-refractivity contribution in [3.05, 3.63) is 12.2 Å². The van der Waals surface area contributed by atoms with Crippen molar-refractivity contribution in [2.24, 2.45) is 11.8 Å². The van der Waals surface area contributed by atoms with Crippen LogP contribution < -0.4 is 0 Å². The molecule has 2 rings (SSSR count). The Bertz CT molecular complexity index is 393. The van der Waals surface area contributed by atoms with Crippen molar-refractivity contribution in [3.8, 4) is 0 Å². The minimum absolute atomic E-state index is 0.260. The Morgan fingerprint density at radius 1 is 1.12 bits per heavy atom. The molecule has 0 spiro atoms. The Hall–Kier alpha value is -0.870. The third kappa shape index (κ3) is 6.21. The molecular weight excluding hydrogens is 304 g/mol. The van der Waals surface area contributed by atoms with Gasteiger partial charge in [-0.25, -0.2) is 0 Å². The summed E-state index contributed by atoms with van der Waals surface area (Å²) in [5.41, 5.74) is 0. The Labute approximate surface area is 146 Å². The second kappa shape index (κ2) is 10.9. The van der Waals surface area contributed by atoms with Crippen molar-refractivity contribution in [1.29, 1.82) is 0 Å². The molecule has 0 aromatic heterocycles. The third-order valence-corrected chi connectivity index (χ3v) is 5.38. The summed E-state index contributed by atoms with van der Waals surface area (Å²) in [6, 6.07) is 0. The van der Waals surface area contributed by atoms with Gasteiger partial charge in [0.15, 0.2) is 0 Å². The second-order valence-electron chi connectivity index (χ2n) is 7.25. The highest BCUT2D eigenvalue weighted by Crippen LogP contribution is 2.45. The smallest absolute Gasteiger partial charge is 0.303 e. The molecule has 24 heavy (non-hydrogen) atoms. The van der Waals surface area contributed by atoms with Gasteiger partial charge in [-0.1, -0.05) is 38.3 Å². The minimum atomic E-state index is -0.707. The lowest BCUT2D eigenvalue weighted by Crippen LogP contribution is -2.30. The van der Waals surface area contributed by atoms with E-state index in [1.165, 1.54) is 38.5 Å². The molecule has 0 aromatic carbocycles. The fourth-order valence-electron chi connectivity index (χ4n) is 4.02. The first-order valence-corrected chi connectivity index (χ1v) is 9.82. The zero-order valence-corrected chi connectivity index (χ0v) is 15.1. The van der Waals surface area contributed by atoms with Crippen LogP contribution >= 0.6 is 0 Å². The molecule has 2 aliphatic rings. The summed E-state index contributed by atoms with van der Waals surface area (Å²) in [6.45, 7) is 3.95. The Kier molecular flexibility index (Phi) is 8.82. The number of hydrogen-bond donors (Lipinski definition) is 1. The molecule has 0 aromatic rings. The zero-order valence-electron chi connectivity index (χ0n) is 15.1. The topological polar surface area (TPSA) is 55.8 Å². The molecule has 1 N–H and O–H groups in total. The van der Waals surface area contributed by atoms with Crippen LogP contribution in [0.25, 0.3) is 0 Å². The zero-order chi connectivity index (χ0) is 17.2. The lowest BCUT2D eigenvalue weighted by molar-refractivity contribution is -0.137. The molecule has 0 unspecified atom stereocenters. The molecule has 4 atom stereocenters. The van der Waals surface area contributed by atoms with E-state index in [2.05, 4.69) is 19.1 Å². The van der Waals surface area contributed by atoms with E-state index in [4.69, 9.17) is 14.6 Å². The van der Waals surface area contributed by atoms with Crippen LogP contribution in [0, 0.1) is 11.8 Å². The number of rotatable bonds is 13. The van der Waals surface area contributed by atoms with Gasteiger partial charge in [0.25, 0.3) is 0 Å². The maximum absolute atomic E-state index is 10.5. The molecule has 2 aliphatic heterocycles. The maximum atomic E-state index is 10.5. The molecule has 0 aliphatic carbocycles. The Balaban J connectivity index is 1.65. The van der Waals surface area contributed by atoms with Gasteiger partial charge in [0.1, 0.15) is 0 Å². The average molecular weight is 338 g/mol. The van der Waals surface area contributed by atoms with Gasteiger partial charge in [0, 0.05) is 18.9 Å². The van der Waals surface area contributed by atoms with Gasteiger partial charge in [0.2, 0.25) is 0 Å². The molecule has 2 fully saturated rings. The first-order valence-electron chi connectivity index (χ1n) is 9.82.